The summed E-state index contributed by atoms with van der Waals surface area (Å²) in [6.45, 7) is 0. The molecule has 2 nitrogen and oxygen atoms in total. The van der Waals surface area contributed by atoms with Crippen LogP contribution in [0.4, 0.5) is 0 Å². The van der Waals surface area contributed by atoms with Gasteiger partial charge in [0.05, 0.1) is 13.2 Å². The maximum atomic E-state index is 8.50. The van der Waals surface area contributed by atoms with Gasteiger partial charge in [0, 0.05) is 0 Å². The number of ether oxygens (including phenoxy) is 1. The average molecular weight is 182 g/mol. The lowest BCUT2D eigenvalue weighted by Crippen LogP contribution is -1.87. The predicted molar refractivity (Wildman–Crippen MR) is 47.2 cm³/mol. The number of rotatable bonds is 2. The minimum absolute atomic E-state index is 0.573. The first-order valence-electron chi connectivity index (χ1n) is 3.45. The first-order chi connectivity index (χ1) is 5.77. The fraction of sp³-hybridized carbons (Fsp3) is 0.222. The summed E-state index contributed by atoms with van der Waals surface area (Å²) in [5.41, 5.74) is 0.792. The smallest absolute Gasteiger partial charge is 0.145 e. The lowest BCUT2D eigenvalue weighted by Gasteiger charge is -2.02. The van der Waals surface area contributed by atoms with Crippen LogP contribution in [0.25, 0.3) is 0 Å². The highest BCUT2D eigenvalue weighted by atomic mass is 35.5. The zero-order valence-electron chi connectivity index (χ0n) is 6.62. The Bertz CT molecular complexity index is 288. The lowest BCUT2D eigenvalue weighted by molar-refractivity contribution is 0.414. The van der Waals surface area contributed by atoms with E-state index in [1.165, 1.54) is 0 Å². The predicted octanol–water partition coefficient (Wildman–Crippen LogP) is 2.50. The summed E-state index contributed by atoms with van der Waals surface area (Å²) < 4.78 is 4.96. The van der Waals surface area contributed by atoms with Crippen LogP contribution < -0.4 is 4.74 Å². The quantitative estimate of drug-likeness (QED) is 0.657. The van der Waals surface area contributed by atoms with Crippen LogP contribution >= 0.6 is 11.6 Å². The van der Waals surface area contributed by atoms with Crippen LogP contribution in [0.5, 0.6) is 5.75 Å². The Labute approximate surface area is 76.3 Å². The van der Waals surface area contributed by atoms with Crippen LogP contribution in [0.3, 0.4) is 0 Å². The molecule has 0 spiro atoms. The standard InChI is InChI=1S/C9H8ClNO/c1-12-8-4-2-7(3-5-8)9(10)6-11/h2-5,9H,1H3. The number of methoxy groups -OCH3 is 1. The minimum atomic E-state index is -0.573. The van der Waals surface area contributed by atoms with Gasteiger partial charge in [-0.25, -0.2) is 0 Å². The van der Waals surface area contributed by atoms with Crippen molar-refractivity contribution < 1.29 is 4.74 Å². The molecule has 1 aromatic rings. The van der Waals surface area contributed by atoms with E-state index in [-0.39, 0.29) is 0 Å². The Morgan fingerprint density at radius 3 is 2.42 bits per heavy atom. The molecule has 62 valence electrons. The monoisotopic (exact) mass is 181 g/mol. The summed E-state index contributed by atoms with van der Waals surface area (Å²) in [5, 5.41) is 7.93. The van der Waals surface area contributed by atoms with Crippen molar-refractivity contribution in [1.29, 1.82) is 5.26 Å². The Balaban J connectivity index is 2.86. The topological polar surface area (TPSA) is 33.0 Å². The van der Waals surface area contributed by atoms with Gasteiger partial charge in [-0.3, -0.25) is 0 Å². The molecule has 3 heteroatoms. The first-order valence-corrected chi connectivity index (χ1v) is 3.89. The summed E-state index contributed by atoms with van der Waals surface area (Å²) in [6.07, 6.45) is 0. The zero-order chi connectivity index (χ0) is 8.97. The van der Waals surface area contributed by atoms with E-state index >= 15 is 0 Å². The van der Waals surface area contributed by atoms with Crippen molar-refractivity contribution in [3.05, 3.63) is 29.8 Å². The number of alkyl halides is 1. The second kappa shape index (κ2) is 3.99. The highest BCUT2D eigenvalue weighted by Crippen LogP contribution is 2.21. The van der Waals surface area contributed by atoms with Gasteiger partial charge in [0.2, 0.25) is 0 Å². The lowest BCUT2D eigenvalue weighted by atomic mass is 10.1. The molecule has 12 heavy (non-hydrogen) atoms. The Morgan fingerprint density at radius 1 is 1.42 bits per heavy atom. The molecule has 0 aliphatic carbocycles. The van der Waals surface area contributed by atoms with E-state index in [1.807, 2.05) is 6.07 Å². The Kier molecular flexibility index (Phi) is 2.95. The second-order valence-electron chi connectivity index (χ2n) is 2.26. The number of hydrogen-bond acceptors (Lipinski definition) is 2. The highest BCUT2D eigenvalue weighted by molar-refractivity contribution is 6.22. The van der Waals surface area contributed by atoms with Gasteiger partial charge in [-0.15, -0.1) is 11.6 Å². The number of nitriles is 1. The molecule has 0 aliphatic heterocycles. The number of benzene rings is 1. The van der Waals surface area contributed by atoms with Crippen LogP contribution in [0, 0.1) is 11.3 Å². The number of hydrogen-bond donors (Lipinski definition) is 0. The van der Waals surface area contributed by atoms with Crippen molar-refractivity contribution in [3.8, 4) is 11.8 Å². The van der Waals surface area contributed by atoms with Crippen molar-refractivity contribution >= 4 is 11.6 Å². The molecule has 0 radical (unpaired) electrons. The molecule has 1 aromatic carbocycles. The van der Waals surface area contributed by atoms with Crippen LogP contribution in [0.2, 0.25) is 0 Å². The van der Waals surface area contributed by atoms with E-state index in [1.54, 1.807) is 31.4 Å². The molecule has 0 heterocycles. The molecule has 0 fully saturated rings. The third kappa shape index (κ3) is 1.90. The molecule has 0 saturated heterocycles. The minimum Gasteiger partial charge on any atom is -0.497 e. The van der Waals surface area contributed by atoms with Crippen LogP contribution in [-0.2, 0) is 0 Å². The van der Waals surface area contributed by atoms with Crippen molar-refractivity contribution in [2.75, 3.05) is 7.11 Å². The molecule has 1 rings (SSSR count). The van der Waals surface area contributed by atoms with Crippen molar-refractivity contribution in [1.82, 2.24) is 0 Å². The van der Waals surface area contributed by atoms with Crippen molar-refractivity contribution in [3.63, 3.8) is 0 Å². The maximum absolute atomic E-state index is 8.50. The van der Waals surface area contributed by atoms with Crippen molar-refractivity contribution in [2.45, 2.75) is 5.38 Å². The van der Waals surface area contributed by atoms with Gasteiger partial charge in [-0.1, -0.05) is 12.1 Å². The molecule has 0 N–H and O–H groups in total. The van der Waals surface area contributed by atoms with E-state index < -0.39 is 5.38 Å². The molecule has 0 amide bonds. The third-order valence-electron chi connectivity index (χ3n) is 1.52. The molecule has 0 aromatic heterocycles. The van der Waals surface area contributed by atoms with E-state index in [2.05, 4.69) is 0 Å². The van der Waals surface area contributed by atoms with Gasteiger partial charge in [0.15, 0.2) is 0 Å². The largest absolute Gasteiger partial charge is 0.497 e. The van der Waals surface area contributed by atoms with E-state index in [4.69, 9.17) is 21.6 Å². The van der Waals surface area contributed by atoms with Gasteiger partial charge in [-0.2, -0.15) is 5.26 Å². The highest BCUT2D eigenvalue weighted by Gasteiger charge is 2.04. The van der Waals surface area contributed by atoms with Crippen LogP contribution in [0.15, 0.2) is 24.3 Å². The summed E-state index contributed by atoms with van der Waals surface area (Å²) >= 11 is 5.68. The Morgan fingerprint density at radius 2 is 2.00 bits per heavy atom. The summed E-state index contributed by atoms with van der Waals surface area (Å²) in [4.78, 5) is 0. The molecule has 0 bridgehead atoms. The van der Waals surface area contributed by atoms with E-state index in [9.17, 15) is 0 Å². The normalized spacial score (nSPS) is 11.8. The number of nitrogens with zero attached hydrogens (tertiary/aromatic N) is 1. The third-order valence-corrected chi connectivity index (χ3v) is 1.87. The maximum Gasteiger partial charge on any atom is 0.145 e. The van der Waals surface area contributed by atoms with Gasteiger partial charge >= 0.3 is 0 Å². The molecule has 1 unspecified atom stereocenters. The molecular weight excluding hydrogens is 174 g/mol. The molecule has 0 saturated carbocycles. The second-order valence-corrected chi connectivity index (χ2v) is 2.70. The van der Waals surface area contributed by atoms with Crippen LogP contribution in [-0.4, -0.2) is 7.11 Å². The first kappa shape index (κ1) is 8.89. The van der Waals surface area contributed by atoms with Gasteiger partial charge in [0.25, 0.3) is 0 Å². The van der Waals surface area contributed by atoms with E-state index in [0.717, 1.165) is 11.3 Å². The fourth-order valence-electron chi connectivity index (χ4n) is 0.847. The average Bonchev–Trinajstić information content (AvgIpc) is 2.17. The van der Waals surface area contributed by atoms with E-state index in [0.29, 0.717) is 0 Å². The van der Waals surface area contributed by atoms with Gasteiger partial charge in [-0.05, 0) is 17.7 Å². The zero-order valence-corrected chi connectivity index (χ0v) is 7.38. The molecule has 1 atom stereocenters. The molecular formula is C9H8ClNO. The Hall–Kier alpha value is -1.20. The van der Waals surface area contributed by atoms with Gasteiger partial charge < -0.3 is 4.74 Å². The van der Waals surface area contributed by atoms with Gasteiger partial charge in [0.1, 0.15) is 11.1 Å². The van der Waals surface area contributed by atoms with Crippen LogP contribution in [0.1, 0.15) is 10.9 Å². The SMILES string of the molecule is COc1ccc(C(Cl)C#N)cc1. The van der Waals surface area contributed by atoms with Crippen molar-refractivity contribution in [2.24, 2.45) is 0 Å². The summed E-state index contributed by atoms with van der Waals surface area (Å²) in [7, 11) is 1.59. The summed E-state index contributed by atoms with van der Waals surface area (Å²) in [6, 6.07) is 9.06. The molecule has 0 aliphatic rings. The summed E-state index contributed by atoms with van der Waals surface area (Å²) in [5.74, 6) is 0.764. The fourth-order valence-corrected chi connectivity index (χ4v) is 0.993. The number of halogens is 1.